The van der Waals surface area contributed by atoms with E-state index < -0.39 is 5.60 Å². The molecule has 1 saturated heterocycles. The van der Waals surface area contributed by atoms with Gasteiger partial charge in [0.25, 0.3) is 0 Å². The highest BCUT2D eigenvalue weighted by molar-refractivity contribution is 5.95. The van der Waals surface area contributed by atoms with Gasteiger partial charge in [0.1, 0.15) is 23.3 Å². The molecule has 0 spiro atoms. The van der Waals surface area contributed by atoms with Crippen LogP contribution in [0.25, 0.3) is 0 Å². The first-order valence-corrected chi connectivity index (χ1v) is 12.1. The highest BCUT2D eigenvalue weighted by Crippen LogP contribution is 2.32. The van der Waals surface area contributed by atoms with Crippen molar-refractivity contribution in [1.82, 2.24) is 24.8 Å². The number of piperidine rings is 1. The van der Waals surface area contributed by atoms with Crippen molar-refractivity contribution in [2.45, 2.75) is 45.3 Å². The zero-order valence-electron chi connectivity index (χ0n) is 22.3. The number of aromatic nitrogens is 3. The molecule has 3 rings (SSSR count). The first-order chi connectivity index (χ1) is 17.4. The second-order valence-corrected chi connectivity index (χ2v) is 10.2. The molecule has 0 atom stereocenters. The van der Waals surface area contributed by atoms with E-state index in [4.69, 9.17) is 10.00 Å². The molecule has 0 unspecified atom stereocenters. The number of likely N-dealkylation sites (tertiary alicyclic amines) is 1. The smallest absolute Gasteiger partial charge is 0.410 e. The number of nitrogens with one attached hydrogen (secondary N) is 2. The highest BCUT2D eigenvalue weighted by atomic mass is 16.6. The van der Waals surface area contributed by atoms with Crippen LogP contribution in [0, 0.1) is 11.3 Å². The van der Waals surface area contributed by atoms with Gasteiger partial charge in [-0.3, -0.25) is 4.79 Å². The van der Waals surface area contributed by atoms with E-state index in [-0.39, 0.29) is 30.3 Å². The Balaban J connectivity index is 1.79. The maximum absolute atomic E-state index is 12.5. The zero-order chi connectivity index (χ0) is 27.2. The van der Waals surface area contributed by atoms with Crippen molar-refractivity contribution < 1.29 is 14.3 Å². The third kappa shape index (κ3) is 8.01. The third-order valence-corrected chi connectivity index (χ3v) is 5.68. The molecule has 3 heterocycles. The SMILES string of the molecule is CN(C)CC(=O)Nc1cnc(Nc2cnc(C#N)cn2)cc1N(C)C1CCN(C(=O)OC(C)(C)C)CC1. The standard InChI is InChI=1S/C25H35N9O3/c1-25(2,3)37-24(36)34-9-7-18(8-10-34)33(6)20-11-21(31-22-15-27-17(12-26)13-28-22)29-14-19(20)30-23(35)16-32(4)5/h11,13-15,18H,7-10,16H2,1-6H3,(H,30,35)(H,28,29,31). The van der Waals surface area contributed by atoms with Gasteiger partial charge in [0.05, 0.1) is 36.5 Å². The van der Waals surface area contributed by atoms with Crippen LogP contribution >= 0.6 is 0 Å². The maximum atomic E-state index is 12.5. The van der Waals surface area contributed by atoms with Crippen LogP contribution in [0.15, 0.2) is 24.7 Å². The predicted molar refractivity (Wildman–Crippen MR) is 141 cm³/mol. The molecule has 37 heavy (non-hydrogen) atoms. The van der Waals surface area contributed by atoms with E-state index in [0.29, 0.717) is 30.4 Å². The van der Waals surface area contributed by atoms with Gasteiger partial charge in [-0.25, -0.2) is 19.7 Å². The number of likely N-dealkylation sites (N-methyl/N-ethyl adjacent to an activating group) is 1. The van der Waals surface area contributed by atoms with Crippen molar-refractivity contribution in [2.75, 3.05) is 56.3 Å². The molecule has 2 aromatic heterocycles. The number of hydrogen-bond donors (Lipinski definition) is 2. The van der Waals surface area contributed by atoms with E-state index in [9.17, 15) is 9.59 Å². The molecule has 198 valence electrons. The van der Waals surface area contributed by atoms with Crippen molar-refractivity contribution in [2.24, 2.45) is 0 Å². The number of hydrogen-bond acceptors (Lipinski definition) is 10. The first-order valence-electron chi connectivity index (χ1n) is 12.1. The van der Waals surface area contributed by atoms with Gasteiger partial charge in [0.2, 0.25) is 5.91 Å². The van der Waals surface area contributed by atoms with Gasteiger partial charge in [0.15, 0.2) is 5.69 Å². The summed E-state index contributed by atoms with van der Waals surface area (Å²) in [5, 5.41) is 15.0. The fraction of sp³-hybridized carbons (Fsp3) is 0.520. The Kier molecular flexibility index (Phi) is 8.83. The van der Waals surface area contributed by atoms with Gasteiger partial charge in [-0.15, -0.1) is 0 Å². The molecule has 2 N–H and O–H groups in total. The minimum atomic E-state index is -0.538. The van der Waals surface area contributed by atoms with Gasteiger partial charge in [-0.2, -0.15) is 5.26 Å². The Bertz CT molecular complexity index is 1130. The van der Waals surface area contributed by atoms with Crippen LogP contribution in [-0.2, 0) is 9.53 Å². The first kappa shape index (κ1) is 27.6. The molecule has 12 heteroatoms. The van der Waals surface area contributed by atoms with Crippen molar-refractivity contribution in [3.8, 4) is 6.07 Å². The van der Waals surface area contributed by atoms with Crippen LogP contribution < -0.4 is 15.5 Å². The summed E-state index contributed by atoms with van der Waals surface area (Å²) in [6.07, 6.45) is 5.63. The quantitative estimate of drug-likeness (QED) is 0.572. The molecule has 0 radical (unpaired) electrons. The lowest BCUT2D eigenvalue weighted by molar-refractivity contribution is -0.116. The lowest BCUT2D eigenvalue weighted by Gasteiger charge is -2.38. The largest absolute Gasteiger partial charge is 0.444 e. The van der Waals surface area contributed by atoms with Crippen molar-refractivity contribution in [3.63, 3.8) is 0 Å². The number of amides is 2. The van der Waals surface area contributed by atoms with E-state index in [2.05, 4.69) is 30.5 Å². The molecule has 1 aliphatic rings. The summed E-state index contributed by atoms with van der Waals surface area (Å²) < 4.78 is 5.52. The number of carbonyl (C=O) groups excluding carboxylic acids is 2. The Morgan fingerprint density at radius 3 is 2.35 bits per heavy atom. The number of nitrogens with zero attached hydrogens (tertiary/aromatic N) is 7. The molecule has 2 aromatic rings. The van der Waals surface area contributed by atoms with Gasteiger partial charge in [-0.1, -0.05) is 0 Å². The van der Waals surface area contributed by atoms with Crippen LogP contribution in [0.5, 0.6) is 0 Å². The average Bonchev–Trinajstić information content (AvgIpc) is 2.83. The van der Waals surface area contributed by atoms with Crippen LogP contribution in [0.4, 0.5) is 27.8 Å². The maximum Gasteiger partial charge on any atom is 0.410 e. The number of ether oxygens (including phenoxy) is 1. The molecule has 2 amide bonds. The summed E-state index contributed by atoms with van der Waals surface area (Å²) in [4.78, 5) is 43.3. The summed E-state index contributed by atoms with van der Waals surface area (Å²) in [6, 6.07) is 3.91. The summed E-state index contributed by atoms with van der Waals surface area (Å²) in [6.45, 7) is 6.95. The summed E-state index contributed by atoms with van der Waals surface area (Å²) >= 11 is 0. The number of rotatable bonds is 7. The van der Waals surface area contributed by atoms with Crippen molar-refractivity contribution in [3.05, 3.63) is 30.4 Å². The third-order valence-electron chi connectivity index (χ3n) is 5.68. The molecular formula is C25H35N9O3. The van der Waals surface area contributed by atoms with E-state index in [1.165, 1.54) is 12.4 Å². The van der Waals surface area contributed by atoms with E-state index in [1.807, 2.05) is 54.0 Å². The number of pyridine rings is 1. The fourth-order valence-corrected chi connectivity index (χ4v) is 3.92. The molecule has 0 bridgehead atoms. The summed E-state index contributed by atoms with van der Waals surface area (Å²) in [5.41, 5.74) is 1.04. The zero-order valence-corrected chi connectivity index (χ0v) is 22.3. The van der Waals surface area contributed by atoms with E-state index >= 15 is 0 Å². The average molecular weight is 510 g/mol. The molecular weight excluding hydrogens is 474 g/mol. The lowest BCUT2D eigenvalue weighted by Crippen LogP contribution is -2.47. The van der Waals surface area contributed by atoms with E-state index in [0.717, 1.165) is 18.5 Å². The summed E-state index contributed by atoms with van der Waals surface area (Å²) in [5.74, 6) is 0.799. The summed E-state index contributed by atoms with van der Waals surface area (Å²) in [7, 11) is 5.62. The lowest BCUT2D eigenvalue weighted by atomic mass is 10.0. The fourth-order valence-electron chi connectivity index (χ4n) is 3.92. The topological polar surface area (TPSA) is 140 Å². The van der Waals surface area contributed by atoms with E-state index in [1.54, 1.807) is 16.0 Å². The second-order valence-electron chi connectivity index (χ2n) is 10.2. The number of anilines is 4. The molecule has 0 saturated carbocycles. The van der Waals surface area contributed by atoms with Crippen molar-refractivity contribution in [1.29, 1.82) is 5.26 Å². The second kappa shape index (κ2) is 11.8. The molecule has 0 aliphatic carbocycles. The normalized spacial score (nSPS) is 14.2. The Morgan fingerprint density at radius 1 is 1.11 bits per heavy atom. The Morgan fingerprint density at radius 2 is 1.78 bits per heavy atom. The minimum Gasteiger partial charge on any atom is -0.444 e. The van der Waals surface area contributed by atoms with Gasteiger partial charge in [-0.05, 0) is 47.7 Å². The van der Waals surface area contributed by atoms with Crippen LogP contribution in [0.2, 0.25) is 0 Å². The van der Waals surface area contributed by atoms with Crippen LogP contribution in [-0.4, -0.2) is 89.2 Å². The highest BCUT2D eigenvalue weighted by Gasteiger charge is 2.29. The molecule has 0 aromatic carbocycles. The van der Waals surface area contributed by atoms with Gasteiger partial charge >= 0.3 is 6.09 Å². The minimum absolute atomic E-state index is 0.133. The molecule has 12 nitrogen and oxygen atoms in total. The number of carbonyl (C=O) groups is 2. The van der Waals surface area contributed by atoms with Gasteiger partial charge in [0, 0.05) is 32.2 Å². The van der Waals surface area contributed by atoms with Crippen LogP contribution in [0.3, 0.4) is 0 Å². The molecule has 1 fully saturated rings. The Hall–Kier alpha value is -3.98. The number of nitriles is 1. The predicted octanol–water partition coefficient (Wildman–Crippen LogP) is 2.82. The van der Waals surface area contributed by atoms with Gasteiger partial charge < -0.3 is 30.1 Å². The molecule has 1 aliphatic heterocycles. The Labute approximate surface area is 217 Å². The van der Waals surface area contributed by atoms with Crippen molar-refractivity contribution >= 4 is 35.0 Å². The van der Waals surface area contributed by atoms with Crippen LogP contribution in [0.1, 0.15) is 39.3 Å². The monoisotopic (exact) mass is 509 g/mol.